The molecule has 0 spiro atoms. The summed E-state index contributed by atoms with van der Waals surface area (Å²) in [6, 6.07) is 28.3. The molecule has 1 aliphatic rings. The van der Waals surface area contributed by atoms with Crippen molar-refractivity contribution in [1.29, 1.82) is 0 Å². The van der Waals surface area contributed by atoms with Crippen LogP contribution in [0.5, 0.6) is 0 Å². The average molecular weight is 514 g/mol. The minimum Gasteiger partial charge on any atom is -0.382 e. The van der Waals surface area contributed by atoms with Crippen molar-refractivity contribution in [3.8, 4) is 22.4 Å². The monoisotopic (exact) mass is 513 g/mol. The number of fused-ring (bicyclic) bond motifs is 2. The first kappa shape index (κ1) is 23.6. The summed E-state index contributed by atoms with van der Waals surface area (Å²) in [5, 5.41) is 14.3. The van der Waals surface area contributed by atoms with Crippen LogP contribution in [-0.2, 0) is 13.1 Å². The van der Waals surface area contributed by atoms with Crippen molar-refractivity contribution in [2.45, 2.75) is 44.8 Å². The lowest BCUT2D eigenvalue weighted by Crippen LogP contribution is -2.25. The van der Waals surface area contributed by atoms with Crippen LogP contribution in [0, 0.1) is 0 Å². The second-order valence-electron chi connectivity index (χ2n) is 10.5. The number of nitrogen functional groups attached to an aromatic ring is 1. The highest BCUT2D eigenvalue weighted by atomic mass is 15.3. The molecule has 7 nitrogen and oxygen atoms in total. The molecule has 3 heterocycles. The van der Waals surface area contributed by atoms with Gasteiger partial charge < -0.3 is 11.1 Å². The van der Waals surface area contributed by atoms with Gasteiger partial charge in [0.25, 0.3) is 0 Å². The number of nitrogens with two attached hydrogens (primary N) is 1. The zero-order valence-electron chi connectivity index (χ0n) is 21.8. The molecule has 0 bridgehead atoms. The normalized spacial score (nSPS) is 14.1. The van der Waals surface area contributed by atoms with Gasteiger partial charge in [0.1, 0.15) is 11.8 Å². The Morgan fingerprint density at radius 3 is 2.59 bits per heavy atom. The Morgan fingerprint density at radius 1 is 0.872 bits per heavy atom. The first-order chi connectivity index (χ1) is 19.2. The molecule has 0 radical (unpaired) electrons. The van der Waals surface area contributed by atoms with Gasteiger partial charge in [-0.05, 0) is 47.7 Å². The highest BCUT2D eigenvalue weighted by molar-refractivity contribution is 5.95. The highest BCUT2D eigenvalue weighted by Gasteiger charge is 2.18. The van der Waals surface area contributed by atoms with E-state index in [1.807, 2.05) is 15.3 Å². The standard InChI is InChI=1S/C32H31N7/c33-32-31-28(24-13-14-26-20-38(37-29(26)16-24)19-22-7-2-1-3-8-22)17-30(39(31)36-21-35-32)25-10-6-9-23(15-25)18-34-27-11-4-5-12-27/h1-3,6-10,13-17,20-21,27,34H,4-5,11-12,18-19H2,(H2,33,35,36). The Bertz CT molecular complexity index is 1760. The first-order valence-corrected chi connectivity index (χ1v) is 13.7. The Labute approximate surface area is 227 Å². The number of hydrogen-bond acceptors (Lipinski definition) is 5. The van der Waals surface area contributed by atoms with Gasteiger partial charge in [0.15, 0.2) is 5.82 Å². The third kappa shape index (κ3) is 4.66. The molecule has 1 fully saturated rings. The van der Waals surface area contributed by atoms with Crippen molar-refractivity contribution in [3.05, 3.63) is 103 Å². The third-order valence-electron chi connectivity index (χ3n) is 7.81. The van der Waals surface area contributed by atoms with E-state index in [1.165, 1.54) is 43.1 Å². The van der Waals surface area contributed by atoms with E-state index < -0.39 is 0 Å². The van der Waals surface area contributed by atoms with Crippen molar-refractivity contribution in [1.82, 2.24) is 29.7 Å². The third-order valence-corrected chi connectivity index (χ3v) is 7.81. The Balaban J connectivity index is 1.25. The average Bonchev–Trinajstić information content (AvgIpc) is 3.71. The molecule has 0 aliphatic heterocycles. The molecule has 0 atom stereocenters. The Kier molecular flexibility index (Phi) is 6.06. The lowest BCUT2D eigenvalue weighted by molar-refractivity contribution is 0.524. The molecule has 3 aromatic carbocycles. The Morgan fingerprint density at radius 2 is 1.72 bits per heavy atom. The Hall–Kier alpha value is -4.49. The molecular weight excluding hydrogens is 482 g/mol. The van der Waals surface area contributed by atoms with Gasteiger partial charge in [0.05, 0.1) is 17.8 Å². The van der Waals surface area contributed by atoms with Crippen molar-refractivity contribution >= 4 is 22.2 Å². The minimum absolute atomic E-state index is 0.458. The topological polar surface area (TPSA) is 86.1 Å². The molecule has 0 amide bonds. The number of aromatic nitrogens is 5. The van der Waals surface area contributed by atoms with Gasteiger partial charge in [-0.25, -0.2) is 9.50 Å². The van der Waals surface area contributed by atoms with Gasteiger partial charge >= 0.3 is 0 Å². The van der Waals surface area contributed by atoms with Crippen molar-refractivity contribution in [2.24, 2.45) is 0 Å². The van der Waals surface area contributed by atoms with Crippen LogP contribution in [0.3, 0.4) is 0 Å². The summed E-state index contributed by atoms with van der Waals surface area (Å²) in [7, 11) is 0. The van der Waals surface area contributed by atoms with Crippen LogP contribution < -0.4 is 11.1 Å². The number of hydrogen-bond donors (Lipinski definition) is 2. The zero-order valence-corrected chi connectivity index (χ0v) is 21.8. The summed E-state index contributed by atoms with van der Waals surface area (Å²) >= 11 is 0. The fourth-order valence-electron chi connectivity index (χ4n) is 5.81. The van der Waals surface area contributed by atoms with E-state index in [9.17, 15) is 0 Å². The molecule has 0 saturated heterocycles. The van der Waals surface area contributed by atoms with Gasteiger partial charge in [-0.15, -0.1) is 0 Å². The predicted octanol–water partition coefficient (Wildman–Crippen LogP) is 6.08. The number of nitrogens with one attached hydrogen (secondary N) is 1. The van der Waals surface area contributed by atoms with E-state index >= 15 is 0 Å². The fourth-order valence-corrected chi connectivity index (χ4v) is 5.81. The van der Waals surface area contributed by atoms with Crippen molar-refractivity contribution in [3.63, 3.8) is 0 Å². The van der Waals surface area contributed by atoms with Crippen LogP contribution in [-0.4, -0.2) is 30.4 Å². The lowest BCUT2D eigenvalue weighted by Gasteiger charge is -2.12. The fraction of sp³-hybridized carbons (Fsp3) is 0.219. The molecule has 1 saturated carbocycles. The van der Waals surface area contributed by atoms with E-state index in [1.54, 1.807) is 0 Å². The zero-order chi connectivity index (χ0) is 26.2. The summed E-state index contributed by atoms with van der Waals surface area (Å²) in [5.74, 6) is 0.458. The predicted molar refractivity (Wildman–Crippen MR) is 156 cm³/mol. The number of nitrogens with zero attached hydrogens (tertiary/aromatic N) is 5. The molecule has 6 aromatic rings. The van der Waals surface area contributed by atoms with E-state index in [4.69, 9.17) is 10.8 Å². The van der Waals surface area contributed by atoms with Gasteiger partial charge in [0.2, 0.25) is 0 Å². The molecule has 1 aliphatic carbocycles. The highest BCUT2D eigenvalue weighted by Crippen LogP contribution is 2.36. The van der Waals surface area contributed by atoms with Crippen LogP contribution in [0.25, 0.3) is 38.8 Å². The van der Waals surface area contributed by atoms with Crippen LogP contribution in [0.15, 0.2) is 91.4 Å². The summed E-state index contributed by atoms with van der Waals surface area (Å²) < 4.78 is 3.91. The molecule has 7 rings (SSSR count). The number of anilines is 1. The van der Waals surface area contributed by atoms with Gasteiger partial charge in [-0.1, -0.05) is 73.5 Å². The van der Waals surface area contributed by atoms with Crippen LogP contribution in [0.1, 0.15) is 36.8 Å². The summed E-state index contributed by atoms with van der Waals surface area (Å²) in [6.07, 6.45) is 8.83. The van der Waals surface area contributed by atoms with E-state index in [2.05, 4.69) is 94.4 Å². The second kappa shape index (κ2) is 10.0. The molecule has 194 valence electrons. The molecule has 3 aromatic heterocycles. The van der Waals surface area contributed by atoms with Crippen LogP contribution in [0.2, 0.25) is 0 Å². The molecule has 3 N–H and O–H groups in total. The van der Waals surface area contributed by atoms with E-state index in [0.29, 0.717) is 11.9 Å². The summed E-state index contributed by atoms with van der Waals surface area (Å²) in [5.41, 5.74) is 14.8. The van der Waals surface area contributed by atoms with Crippen LogP contribution >= 0.6 is 0 Å². The maximum absolute atomic E-state index is 6.43. The van der Waals surface area contributed by atoms with Crippen molar-refractivity contribution in [2.75, 3.05) is 5.73 Å². The van der Waals surface area contributed by atoms with Crippen molar-refractivity contribution < 1.29 is 0 Å². The van der Waals surface area contributed by atoms with Gasteiger partial charge in [-0.2, -0.15) is 10.2 Å². The maximum atomic E-state index is 6.43. The number of rotatable bonds is 7. The molecule has 39 heavy (non-hydrogen) atoms. The second-order valence-corrected chi connectivity index (χ2v) is 10.5. The van der Waals surface area contributed by atoms with E-state index in [0.717, 1.165) is 51.9 Å². The number of benzene rings is 3. The maximum Gasteiger partial charge on any atom is 0.152 e. The quantitative estimate of drug-likeness (QED) is 0.270. The van der Waals surface area contributed by atoms with Gasteiger partial charge in [0, 0.05) is 35.3 Å². The first-order valence-electron chi connectivity index (χ1n) is 13.7. The van der Waals surface area contributed by atoms with E-state index in [-0.39, 0.29) is 0 Å². The SMILES string of the molecule is Nc1ncnn2c(-c3cccc(CNC4CCCC4)c3)cc(-c3ccc4cn(Cc5ccccc5)nc4c3)c12. The summed E-state index contributed by atoms with van der Waals surface area (Å²) in [6.45, 7) is 1.60. The molecule has 0 unspecified atom stereocenters. The summed E-state index contributed by atoms with van der Waals surface area (Å²) in [4.78, 5) is 4.32. The smallest absolute Gasteiger partial charge is 0.152 e. The lowest BCUT2D eigenvalue weighted by atomic mass is 10.0. The van der Waals surface area contributed by atoms with Gasteiger partial charge in [-0.3, -0.25) is 4.68 Å². The molecule has 7 heteroatoms. The van der Waals surface area contributed by atoms with Crippen LogP contribution in [0.4, 0.5) is 5.82 Å². The molecular formula is C32H31N7. The minimum atomic E-state index is 0.458. The largest absolute Gasteiger partial charge is 0.382 e.